The molecule has 180 valence electrons. The lowest BCUT2D eigenvalue weighted by atomic mass is 9.84. The summed E-state index contributed by atoms with van der Waals surface area (Å²) >= 11 is 0. The van der Waals surface area contributed by atoms with E-state index in [1.165, 1.54) is 24.3 Å². The third-order valence-corrected chi connectivity index (χ3v) is 6.56. The molecule has 0 aliphatic carbocycles. The second-order valence-electron chi connectivity index (χ2n) is 10.0. The molecule has 4 rings (SSSR count). The summed E-state index contributed by atoms with van der Waals surface area (Å²) in [6, 6.07) is 15.2. The maximum absolute atomic E-state index is 13.7. The molecule has 2 heterocycles. The molecule has 2 aliphatic heterocycles. The largest absolute Gasteiger partial charge is 0.342 e. The molecule has 2 aromatic rings. The van der Waals surface area contributed by atoms with Gasteiger partial charge in [-0.3, -0.25) is 14.4 Å². The molecule has 2 fully saturated rings. The number of nitrogens with zero attached hydrogens (tertiary/aromatic N) is 3. The minimum atomic E-state index is -0.799. The molecule has 34 heavy (non-hydrogen) atoms. The Morgan fingerprint density at radius 3 is 2.21 bits per heavy atom. The zero-order valence-electron chi connectivity index (χ0n) is 19.9. The van der Waals surface area contributed by atoms with Crippen LogP contribution in [0.3, 0.4) is 0 Å². The van der Waals surface area contributed by atoms with Gasteiger partial charge in [0.15, 0.2) is 0 Å². The van der Waals surface area contributed by atoms with Crippen LogP contribution in [0, 0.1) is 11.2 Å². The molecule has 0 bridgehead atoms. The molecule has 2 aliphatic rings. The first-order chi connectivity index (χ1) is 16.1. The Bertz CT molecular complexity index is 1060. The number of halogens is 1. The lowest BCUT2D eigenvalue weighted by Crippen LogP contribution is -2.58. The third-order valence-electron chi connectivity index (χ3n) is 6.56. The number of para-hydroxylation sites is 1. The van der Waals surface area contributed by atoms with Crippen molar-refractivity contribution in [1.29, 1.82) is 0 Å². The molecule has 2 aromatic carbocycles. The summed E-state index contributed by atoms with van der Waals surface area (Å²) in [7, 11) is 0. The van der Waals surface area contributed by atoms with E-state index in [0.29, 0.717) is 31.6 Å². The van der Waals surface area contributed by atoms with Gasteiger partial charge in [0.25, 0.3) is 5.91 Å². The number of hydrogen-bond donors (Lipinski definition) is 1. The van der Waals surface area contributed by atoms with Crippen LogP contribution in [0.2, 0.25) is 0 Å². The highest BCUT2D eigenvalue weighted by Crippen LogP contribution is 2.40. The monoisotopic (exact) mass is 466 g/mol. The number of anilines is 2. The van der Waals surface area contributed by atoms with E-state index in [9.17, 15) is 18.8 Å². The number of benzene rings is 2. The van der Waals surface area contributed by atoms with Crippen molar-refractivity contribution in [1.82, 2.24) is 9.80 Å². The molecule has 7 nitrogen and oxygen atoms in total. The van der Waals surface area contributed by atoms with Crippen LogP contribution in [0.15, 0.2) is 54.6 Å². The average molecular weight is 467 g/mol. The summed E-state index contributed by atoms with van der Waals surface area (Å²) in [6.45, 7) is 6.86. The lowest BCUT2D eigenvalue weighted by molar-refractivity contribution is -0.144. The number of piperidine rings is 1. The minimum absolute atomic E-state index is 0.0783. The molecule has 2 saturated heterocycles. The fourth-order valence-electron chi connectivity index (χ4n) is 4.78. The minimum Gasteiger partial charge on any atom is -0.342 e. The summed E-state index contributed by atoms with van der Waals surface area (Å²) in [5.41, 5.74) is 0.106. The molecule has 0 unspecified atom stereocenters. The van der Waals surface area contributed by atoms with Crippen molar-refractivity contribution in [3.8, 4) is 0 Å². The topological polar surface area (TPSA) is 73.0 Å². The van der Waals surface area contributed by atoms with Crippen molar-refractivity contribution < 1.29 is 18.8 Å². The van der Waals surface area contributed by atoms with Crippen LogP contribution in [0.25, 0.3) is 0 Å². The Balaban J connectivity index is 1.53. The van der Waals surface area contributed by atoms with Crippen molar-refractivity contribution >= 4 is 29.1 Å². The maximum Gasteiger partial charge on any atom is 0.250 e. The van der Waals surface area contributed by atoms with E-state index >= 15 is 0 Å². The number of likely N-dealkylation sites (tertiary alicyclic amines) is 1. The Kier molecular flexibility index (Phi) is 6.34. The van der Waals surface area contributed by atoms with Crippen LogP contribution in [0.4, 0.5) is 15.8 Å². The number of nitrogens with one attached hydrogen (secondary N) is 1. The number of carbonyl (C=O) groups is 3. The Labute approximate surface area is 199 Å². The van der Waals surface area contributed by atoms with E-state index in [1.54, 1.807) is 4.90 Å². The van der Waals surface area contributed by atoms with Gasteiger partial charge in [0.1, 0.15) is 17.9 Å². The van der Waals surface area contributed by atoms with E-state index < -0.39 is 11.0 Å². The van der Waals surface area contributed by atoms with Gasteiger partial charge < -0.3 is 20.0 Å². The number of hydrogen-bond acceptors (Lipinski definition) is 4. The van der Waals surface area contributed by atoms with Gasteiger partial charge in [0, 0.05) is 29.9 Å². The van der Waals surface area contributed by atoms with Crippen LogP contribution in [-0.4, -0.2) is 59.4 Å². The van der Waals surface area contributed by atoms with Crippen molar-refractivity contribution in [3.63, 3.8) is 0 Å². The van der Waals surface area contributed by atoms with Crippen LogP contribution < -0.4 is 10.2 Å². The standard InChI is InChI=1S/C26H31FN4O3/c1-25(2,3)23(33)29-15-13-26(14-16-29)24(34)30(18-31(26)21-7-5-4-6-8-21)17-22(32)28-20-11-9-19(27)10-12-20/h4-12H,13-18H2,1-3H3,(H,28,32). The summed E-state index contributed by atoms with van der Waals surface area (Å²) in [5, 5.41) is 2.73. The number of amides is 3. The summed E-state index contributed by atoms with van der Waals surface area (Å²) in [6.07, 6.45) is 0.997. The van der Waals surface area contributed by atoms with E-state index in [2.05, 4.69) is 10.2 Å². The molecule has 0 atom stereocenters. The van der Waals surface area contributed by atoms with Gasteiger partial charge in [-0.05, 0) is 49.2 Å². The van der Waals surface area contributed by atoms with E-state index in [0.717, 1.165) is 5.69 Å². The fraction of sp³-hybridized carbons (Fsp3) is 0.423. The summed E-state index contributed by atoms with van der Waals surface area (Å²) in [5.74, 6) is -0.752. The molecule has 0 radical (unpaired) electrons. The van der Waals surface area contributed by atoms with Gasteiger partial charge in [-0.2, -0.15) is 0 Å². The first kappa shape index (κ1) is 23.7. The first-order valence-electron chi connectivity index (χ1n) is 11.6. The highest BCUT2D eigenvalue weighted by atomic mass is 19.1. The second kappa shape index (κ2) is 9.08. The molecule has 1 spiro atoms. The van der Waals surface area contributed by atoms with Gasteiger partial charge >= 0.3 is 0 Å². The van der Waals surface area contributed by atoms with Crippen LogP contribution in [0.5, 0.6) is 0 Å². The van der Waals surface area contributed by atoms with Crippen molar-refractivity contribution in [2.24, 2.45) is 5.41 Å². The van der Waals surface area contributed by atoms with Gasteiger partial charge in [-0.25, -0.2) is 4.39 Å². The van der Waals surface area contributed by atoms with Gasteiger partial charge in [0.2, 0.25) is 11.8 Å². The zero-order valence-corrected chi connectivity index (χ0v) is 19.9. The average Bonchev–Trinajstić information content (AvgIpc) is 3.06. The Hall–Kier alpha value is -3.42. The third kappa shape index (κ3) is 4.62. The van der Waals surface area contributed by atoms with Gasteiger partial charge in [-0.1, -0.05) is 39.0 Å². The predicted octanol–water partition coefficient (Wildman–Crippen LogP) is 3.48. The highest BCUT2D eigenvalue weighted by Gasteiger charge is 2.54. The van der Waals surface area contributed by atoms with Crippen LogP contribution in [-0.2, 0) is 14.4 Å². The van der Waals surface area contributed by atoms with Crippen LogP contribution in [0.1, 0.15) is 33.6 Å². The van der Waals surface area contributed by atoms with Gasteiger partial charge in [-0.15, -0.1) is 0 Å². The SMILES string of the molecule is CC(C)(C)C(=O)N1CCC2(CC1)C(=O)N(CC(=O)Nc1ccc(F)cc1)CN2c1ccccc1. The normalized spacial score (nSPS) is 17.9. The fourth-order valence-corrected chi connectivity index (χ4v) is 4.78. The lowest BCUT2D eigenvalue weighted by Gasteiger charge is -2.44. The quantitative estimate of drug-likeness (QED) is 0.749. The smallest absolute Gasteiger partial charge is 0.250 e. The van der Waals surface area contributed by atoms with Gasteiger partial charge in [0.05, 0.1) is 6.67 Å². The molecule has 8 heteroatoms. The predicted molar refractivity (Wildman–Crippen MR) is 129 cm³/mol. The molecule has 3 amide bonds. The second-order valence-corrected chi connectivity index (χ2v) is 10.0. The van der Waals surface area contributed by atoms with E-state index in [1.807, 2.05) is 56.0 Å². The zero-order chi connectivity index (χ0) is 24.5. The number of rotatable bonds is 4. The van der Waals surface area contributed by atoms with Crippen molar-refractivity contribution in [2.75, 3.05) is 36.5 Å². The number of carbonyl (C=O) groups excluding carboxylic acids is 3. The summed E-state index contributed by atoms with van der Waals surface area (Å²) < 4.78 is 13.2. The summed E-state index contributed by atoms with van der Waals surface area (Å²) in [4.78, 5) is 44.7. The van der Waals surface area contributed by atoms with Crippen molar-refractivity contribution in [3.05, 3.63) is 60.4 Å². The first-order valence-corrected chi connectivity index (χ1v) is 11.6. The van der Waals surface area contributed by atoms with E-state index in [-0.39, 0.29) is 36.8 Å². The molecule has 0 saturated carbocycles. The molecule has 0 aromatic heterocycles. The molecular weight excluding hydrogens is 435 g/mol. The Morgan fingerprint density at radius 1 is 1.00 bits per heavy atom. The maximum atomic E-state index is 13.7. The van der Waals surface area contributed by atoms with Crippen molar-refractivity contribution in [2.45, 2.75) is 39.2 Å². The highest BCUT2D eigenvalue weighted by molar-refractivity contribution is 5.99. The van der Waals surface area contributed by atoms with Crippen LogP contribution >= 0.6 is 0 Å². The van der Waals surface area contributed by atoms with E-state index in [4.69, 9.17) is 0 Å². The molecular formula is C26H31FN4O3. The Morgan fingerprint density at radius 2 is 1.62 bits per heavy atom. The molecule has 1 N–H and O–H groups in total.